The van der Waals surface area contributed by atoms with Crippen molar-refractivity contribution in [3.63, 3.8) is 0 Å². The van der Waals surface area contributed by atoms with Gasteiger partial charge in [-0.1, -0.05) is 37.6 Å². The first-order valence-electron chi connectivity index (χ1n) is 7.17. The summed E-state index contributed by atoms with van der Waals surface area (Å²) >= 11 is 0. The molecule has 0 aliphatic heterocycles. The highest BCUT2D eigenvalue weighted by molar-refractivity contribution is 5.27. The van der Waals surface area contributed by atoms with Crippen molar-refractivity contribution in [2.75, 3.05) is 0 Å². The Morgan fingerprint density at radius 2 is 1.94 bits per heavy atom. The van der Waals surface area contributed by atoms with Crippen LogP contribution in [0.1, 0.15) is 43.7 Å². The second-order valence-electron chi connectivity index (χ2n) is 5.78. The van der Waals surface area contributed by atoms with Gasteiger partial charge < -0.3 is 5.32 Å². The summed E-state index contributed by atoms with van der Waals surface area (Å²) in [5.74, 6) is 2.02. The largest absolute Gasteiger partial charge is 0.310 e. The van der Waals surface area contributed by atoms with Gasteiger partial charge in [0, 0.05) is 12.6 Å². The van der Waals surface area contributed by atoms with Crippen LogP contribution in [0, 0.1) is 11.8 Å². The third-order valence-corrected chi connectivity index (χ3v) is 4.79. The van der Waals surface area contributed by atoms with Gasteiger partial charge >= 0.3 is 0 Å². The molecule has 1 heteroatoms. The standard InChI is InChI=1S/C16H23N/c1-2-13-5-3-4-6-15(13)11-17-16-10-12-7-8-14(16)9-12/h3-6,12,14,16-17H,2,7-11H2,1H3. The molecule has 0 radical (unpaired) electrons. The Morgan fingerprint density at radius 3 is 2.59 bits per heavy atom. The maximum absolute atomic E-state index is 3.80. The second-order valence-corrected chi connectivity index (χ2v) is 5.78. The maximum Gasteiger partial charge on any atom is 0.0210 e. The van der Waals surface area contributed by atoms with Crippen LogP contribution in [0.15, 0.2) is 24.3 Å². The number of benzene rings is 1. The zero-order chi connectivity index (χ0) is 11.7. The predicted octanol–water partition coefficient (Wildman–Crippen LogP) is 3.53. The molecule has 0 saturated heterocycles. The first-order chi connectivity index (χ1) is 8.36. The van der Waals surface area contributed by atoms with E-state index in [0.717, 1.165) is 30.8 Å². The maximum atomic E-state index is 3.80. The van der Waals surface area contributed by atoms with Crippen LogP contribution < -0.4 is 5.32 Å². The van der Waals surface area contributed by atoms with Gasteiger partial charge in [-0.3, -0.25) is 0 Å². The Labute approximate surface area is 105 Å². The number of aryl methyl sites for hydroxylation is 1. The highest BCUT2D eigenvalue weighted by Crippen LogP contribution is 2.44. The lowest BCUT2D eigenvalue weighted by Crippen LogP contribution is -2.33. The quantitative estimate of drug-likeness (QED) is 0.833. The van der Waals surface area contributed by atoms with Crippen LogP contribution in [-0.4, -0.2) is 6.04 Å². The van der Waals surface area contributed by atoms with Crippen molar-refractivity contribution in [2.45, 2.75) is 51.6 Å². The first kappa shape index (κ1) is 11.3. The second kappa shape index (κ2) is 4.81. The topological polar surface area (TPSA) is 12.0 Å². The molecule has 2 saturated carbocycles. The molecule has 2 fully saturated rings. The van der Waals surface area contributed by atoms with E-state index < -0.39 is 0 Å². The number of hydrogen-bond acceptors (Lipinski definition) is 1. The molecule has 0 amide bonds. The Bertz CT molecular complexity index is 385. The molecule has 1 aromatic rings. The Kier molecular flexibility index (Phi) is 3.19. The van der Waals surface area contributed by atoms with Gasteiger partial charge in [-0.2, -0.15) is 0 Å². The fourth-order valence-corrected chi connectivity index (χ4v) is 3.81. The summed E-state index contributed by atoms with van der Waals surface area (Å²) in [6.45, 7) is 3.31. The molecule has 3 atom stereocenters. The zero-order valence-electron chi connectivity index (χ0n) is 10.8. The lowest BCUT2D eigenvalue weighted by atomic mass is 9.95. The Hall–Kier alpha value is -0.820. The molecule has 92 valence electrons. The lowest BCUT2D eigenvalue weighted by molar-refractivity contribution is 0.350. The van der Waals surface area contributed by atoms with Crippen LogP contribution in [0.25, 0.3) is 0 Å². The summed E-state index contributed by atoms with van der Waals surface area (Å²) in [5.41, 5.74) is 3.00. The monoisotopic (exact) mass is 229 g/mol. The minimum Gasteiger partial charge on any atom is -0.310 e. The van der Waals surface area contributed by atoms with Crippen molar-refractivity contribution in [2.24, 2.45) is 11.8 Å². The summed E-state index contributed by atoms with van der Waals surface area (Å²) in [6.07, 6.45) is 7.03. The molecule has 1 N–H and O–H groups in total. The number of hydrogen-bond donors (Lipinski definition) is 1. The van der Waals surface area contributed by atoms with Gasteiger partial charge in [-0.25, -0.2) is 0 Å². The van der Waals surface area contributed by atoms with Gasteiger partial charge in [0.1, 0.15) is 0 Å². The van der Waals surface area contributed by atoms with Crippen LogP contribution in [0.4, 0.5) is 0 Å². The van der Waals surface area contributed by atoms with Crippen LogP contribution >= 0.6 is 0 Å². The van der Waals surface area contributed by atoms with E-state index in [9.17, 15) is 0 Å². The minimum atomic E-state index is 0.804. The molecule has 17 heavy (non-hydrogen) atoms. The highest BCUT2D eigenvalue weighted by Gasteiger charge is 2.38. The molecule has 2 aliphatic rings. The molecule has 0 spiro atoms. The highest BCUT2D eigenvalue weighted by atomic mass is 14.9. The van der Waals surface area contributed by atoms with Crippen molar-refractivity contribution < 1.29 is 0 Å². The average Bonchev–Trinajstić information content (AvgIpc) is 2.98. The van der Waals surface area contributed by atoms with Crippen molar-refractivity contribution in [1.29, 1.82) is 0 Å². The summed E-state index contributed by atoms with van der Waals surface area (Å²) in [4.78, 5) is 0. The van der Waals surface area contributed by atoms with E-state index in [-0.39, 0.29) is 0 Å². The molecular formula is C16H23N. The van der Waals surface area contributed by atoms with Crippen LogP contribution in [0.5, 0.6) is 0 Å². The zero-order valence-corrected chi connectivity index (χ0v) is 10.8. The van der Waals surface area contributed by atoms with Gasteiger partial charge in [0.05, 0.1) is 0 Å². The average molecular weight is 229 g/mol. The third kappa shape index (κ3) is 2.26. The molecule has 3 rings (SSSR count). The van der Waals surface area contributed by atoms with Gasteiger partial charge in [-0.15, -0.1) is 0 Å². The fraction of sp³-hybridized carbons (Fsp3) is 0.625. The van der Waals surface area contributed by atoms with E-state index in [1.54, 1.807) is 0 Å². The van der Waals surface area contributed by atoms with E-state index in [2.05, 4.69) is 36.5 Å². The summed E-state index contributed by atoms with van der Waals surface area (Å²) in [5, 5.41) is 3.80. The SMILES string of the molecule is CCc1ccccc1CNC1CC2CCC1C2. The van der Waals surface area contributed by atoms with E-state index in [4.69, 9.17) is 0 Å². The molecule has 2 bridgehead atoms. The Morgan fingerprint density at radius 1 is 1.12 bits per heavy atom. The lowest BCUT2D eigenvalue weighted by Gasteiger charge is -2.23. The molecule has 1 nitrogen and oxygen atoms in total. The van der Waals surface area contributed by atoms with Crippen LogP contribution in [0.3, 0.4) is 0 Å². The summed E-state index contributed by atoms with van der Waals surface area (Å²) in [7, 11) is 0. The van der Waals surface area contributed by atoms with Gasteiger partial charge in [0.25, 0.3) is 0 Å². The first-order valence-corrected chi connectivity index (χ1v) is 7.17. The van der Waals surface area contributed by atoms with Crippen molar-refractivity contribution >= 4 is 0 Å². The fourth-order valence-electron chi connectivity index (χ4n) is 3.81. The van der Waals surface area contributed by atoms with Crippen molar-refractivity contribution in [3.05, 3.63) is 35.4 Å². The van der Waals surface area contributed by atoms with Crippen molar-refractivity contribution in [1.82, 2.24) is 5.32 Å². The van der Waals surface area contributed by atoms with E-state index in [1.165, 1.54) is 36.8 Å². The summed E-state index contributed by atoms with van der Waals surface area (Å²) < 4.78 is 0. The minimum absolute atomic E-state index is 0.804. The smallest absolute Gasteiger partial charge is 0.0210 e. The predicted molar refractivity (Wildman–Crippen MR) is 71.9 cm³/mol. The van der Waals surface area contributed by atoms with E-state index in [0.29, 0.717) is 0 Å². The number of fused-ring (bicyclic) bond motifs is 2. The molecule has 0 heterocycles. The molecular weight excluding hydrogens is 206 g/mol. The number of nitrogens with one attached hydrogen (secondary N) is 1. The van der Waals surface area contributed by atoms with Crippen LogP contribution in [0.2, 0.25) is 0 Å². The van der Waals surface area contributed by atoms with Gasteiger partial charge in [0.2, 0.25) is 0 Å². The molecule has 0 aromatic heterocycles. The normalized spacial score (nSPS) is 31.0. The summed E-state index contributed by atoms with van der Waals surface area (Å²) in [6, 6.07) is 9.66. The Balaban J connectivity index is 1.60. The van der Waals surface area contributed by atoms with Crippen LogP contribution in [-0.2, 0) is 13.0 Å². The number of rotatable bonds is 4. The molecule has 2 aliphatic carbocycles. The van der Waals surface area contributed by atoms with Crippen molar-refractivity contribution in [3.8, 4) is 0 Å². The van der Waals surface area contributed by atoms with E-state index >= 15 is 0 Å². The third-order valence-electron chi connectivity index (χ3n) is 4.79. The van der Waals surface area contributed by atoms with E-state index in [1.807, 2.05) is 0 Å². The molecule has 1 aromatic carbocycles. The van der Waals surface area contributed by atoms with Gasteiger partial charge in [0.15, 0.2) is 0 Å². The molecule has 3 unspecified atom stereocenters. The van der Waals surface area contributed by atoms with Gasteiger partial charge in [-0.05, 0) is 48.6 Å².